The van der Waals surface area contributed by atoms with Crippen LogP contribution < -0.4 is 10.2 Å². The maximum Gasteiger partial charge on any atom is 0.223 e. The Balaban J connectivity index is 1.74. The largest absolute Gasteiger partial charge is 0.378 e. The monoisotopic (exact) mass is 256 g/mol. The number of hydrogen-bond donors (Lipinski definition) is 2. The van der Waals surface area contributed by atoms with Crippen LogP contribution in [0.2, 0.25) is 0 Å². The van der Waals surface area contributed by atoms with Gasteiger partial charge in [-0.1, -0.05) is 0 Å². The van der Waals surface area contributed by atoms with Gasteiger partial charge in [0, 0.05) is 37.2 Å². The van der Waals surface area contributed by atoms with E-state index in [0.717, 1.165) is 30.2 Å². The molecule has 0 bridgehead atoms. The van der Waals surface area contributed by atoms with Crippen molar-refractivity contribution >= 4 is 17.3 Å². The quantitative estimate of drug-likeness (QED) is 0.882. The summed E-state index contributed by atoms with van der Waals surface area (Å²) in [5, 5.41) is 3.32. The molecule has 0 aliphatic carbocycles. The minimum Gasteiger partial charge on any atom is -0.378 e. The number of imidazole rings is 1. The van der Waals surface area contributed by atoms with E-state index in [1.807, 2.05) is 23.2 Å². The predicted molar refractivity (Wildman–Crippen MR) is 74.1 cm³/mol. The maximum absolute atomic E-state index is 11.5. The number of anilines is 2. The van der Waals surface area contributed by atoms with Gasteiger partial charge in [-0.25, -0.2) is 4.98 Å². The van der Waals surface area contributed by atoms with E-state index in [9.17, 15) is 4.79 Å². The van der Waals surface area contributed by atoms with E-state index in [2.05, 4.69) is 21.4 Å². The average molecular weight is 256 g/mol. The standard InChI is InChI=1S/C14H16N4O/c1-10(19)18-7-4-11-8-12(2-3-13(11)18)17-9-14-15-5-6-16-14/h2-3,5-6,8,17H,4,7,9H2,1H3,(H,15,16). The summed E-state index contributed by atoms with van der Waals surface area (Å²) in [6.07, 6.45) is 4.47. The lowest BCUT2D eigenvalue weighted by Gasteiger charge is -2.15. The maximum atomic E-state index is 11.5. The Morgan fingerprint density at radius 1 is 1.53 bits per heavy atom. The molecule has 5 nitrogen and oxygen atoms in total. The van der Waals surface area contributed by atoms with E-state index in [-0.39, 0.29) is 5.91 Å². The third-order valence-electron chi connectivity index (χ3n) is 3.37. The Morgan fingerprint density at radius 2 is 2.42 bits per heavy atom. The molecule has 2 heterocycles. The highest BCUT2D eigenvalue weighted by atomic mass is 16.2. The molecule has 0 saturated heterocycles. The van der Waals surface area contributed by atoms with Crippen LogP contribution in [-0.4, -0.2) is 22.4 Å². The van der Waals surface area contributed by atoms with Crippen LogP contribution >= 0.6 is 0 Å². The van der Waals surface area contributed by atoms with Gasteiger partial charge < -0.3 is 15.2 Å². The molecule has 0 radical (unpaired) electrons. The molecule has 0 saturated carbocycles. The number of nitrogens with zero attached hydrogens (tertiary/aromatic N) is 2. The zero-order valence-electron chi connectivity index (χ0n) is 10.8. The molecule has 1 aromatic carbocycles. The van der Waals surface area contributed by atoms with Gasteiger partial charge in [0.15, 0.2) is 0 Å². The van der Waals surface area contributed by atoms with Crippen LogP contribution in [0.3, 0.4) is 0 Å². The van der Waals surface area contributed by atoms with E-state index in [0.29, 0.717) is 6.54 Å². The first-order valence-corrected chi connectivity index (χ1v) is 6.37. The van der Waals surface area contributed by atoms with Crippen molar-refractivity contribution in [2.75, 3.05) is 16.8 Å². The lowest BCUT2D eigenvalue weighted by Crippen LogP contribution is -2.25. The lowest BCUT2D eigenvalue weighted by molar-refractivity contribution is -0.116. The number of nitrogens with one attached hydrogen (secondary N) is 2. The van der Waals surface area contributed by atoms with Crippen molar-refractivity contribution in [1.82, 2.24) is 9.97 Å². The molecular formula is C14H16N4O. The predicted octanol–water partition coefficient (Wildman–Crippen LogP) is 1.93. The Labute approximate surface area is 111 Å². The van der Waals surface area contributed by atoms with Gasteiger partial charge in [-0.05, 0) is 30.2 Å². The van der Waals surface area contributed by atoms with E-state index in [4.69, 9.17) is 0 Å². The van der Waals surface area contributed by atoms with Crippen LogP contribution in [0.5, 0.6) is 0 Å². The summed E-state index contributed by atoms with van der Waals surface area (Å²) in [7, 11) is 0. The summed E-state index contributed by atoms with van der Waals surface area (Å²) in [5.41, 5.74) is 3.32. The van der Waals surface area contributed by atoms with Gasteiger partial charge in [0.05, 0.1) is 6.54 Å². The molecule has 2 aromatic rings. The first-order chi connectivity index (χ1) is 9.24. The summed E-state index contributed by atoms with van der Waals surface area (Å²) in [6.45, 7) is 3.06. The minimum absolute atomic E-state index is 0.107. The molecule has 98 valence electrons. The van der Waals surface area contributed by atoms with Crippen molar-refractivity contribution < 1.29 is 4.79 Å². The molecular weight excluding hydrogens is 240 g/mol. The normalized spacial score (nSPS) is 13.4. The molecule has 0 spiro atoms. The average Bonchev–Trinajstić information content (AvgIpc) is 3.05. The number of benzene rings is 1. The molecule has 19 heavy (non-hydrogen) atoms. The number of amides is 1. The Morgan fingerprint density at radius 3 is 3.16 bits per heavy atom. The summed E-state index contributed by atoms with van der Waals surface area (Å²) >= 11 is 0. The number of hydrogen-bond acceptors (Lipinski definition) is 3. The van der Waals surface area contributed by atoms with Crippen molar-refractivity contribution in [3.05, 3.63) is 42.0 Å². The van der Waals surface area contributed by atoms with Crippen LogP contribution in [0.25, 0.3) is 0 Å². The fourth-order valence-corrected chi connectivity index (χ4v) is 2.42. The van der Waals surface area contributed by atoms with Gasteiger partial charge in [0.2, 0.25) is 5.91 Å². The van der Waals surface area contributed by atoms with Crippen molar-refractivity contribution in [1.29, 1.82) is 0 Å². The molecule has 1 aliphatic heterocycles. The number of fused-ring (bicyclic) bond motifs is 1. The molecule has 0 atom stereocenters. The van der Waals surface area contributed by atoms with Crippen molar-refractivity contribution in [3.8, 4) is 0 Å². The topological polar surface area (TPSA) is 61.0 Å². The van der Waals surface area contributed by atoms with E-state index in [1.54, 1.807) is 13.1 Å². The number of aromatic nitrogens is 2. The first-order valence-electron chi connectivity index (χ1n) is 6.37. The highest BCUT2D eigenvalue weighted by Crippen LogP contribution is 2.30. The van der Waals surface area contributed by atoms with Crippen LogP contribution in [0, 0.1) is 0 Å². The van der Waals surface area contributed by atoms with Gasteiger partial charge in [-0.2, -0.15) is 0 Å². The summed E-state index contributed by atoms with van der Waals surface area (Å²) < 4.78 is 0. The molecule has 0 unspecified atom stereocenters. The fraction of sp³-hybridized carbons (Fsp3) is 0.286. The number of carbonyl (C=O) groups excluding carboxylic acids is 1. The van der Waals surface area contributed by atoms with Crippen molar-refractivity contribution in [2.45, 2.75) is 19.9 Å². The van der Waals surface area contributed by atoms with E-state index >= 15 is 0 Å². The molecule has 1 amide bonds. The summed E-state index contributed by atoms with van der Waals surface area (Å²) in [6, 6.07) is 6.12. The third-order valence-corrected chi connectivity index (χ3v) is 3.37. The van der Waals surface area contributed by atoms with Gasteiger partial charge in [-0.15, -0.1) is 0 Å². The lowest BCUT2D eigenvalue weighted by atomic mass is 10.1. The fourth-order valence-electron chi connectivity index (χ4n) is 2.42. The van der Waals surface area contributed by atoms with Crippen molar-refractivity contribution in [3.63, 3.8) is 0 Å². The molecule has 1 aromatic heterocycles. The highest BCUT2D eigenvalue weighted by Gasteiger charge is 2.21. The minimum atomic E-state index is 0.107. The summed E-state index contributed by atoms with van der Waals surface area (Å²) in [5.74, 6) is 1.01. The van der Waals surface area contributed by atoms with Crippen LogP contribution in [0.15, 0.2) is 30.6 Å². The van der Waals surface area contributed by atoms with Crippen LogP contribution in [-0.2, 0) is 17.8 Å². The first kappa shape index (κ1) is 11.8. The Bertz CT molecular complexity index is 591. The highest BCUT2D eigenvalue weighted by molar-refractivity contribution is 5.94. The Hall–Kier alpha value is -2.30. The van der Waals surface area contributed by atoms with Gasteiger partial charge in [0.25, 0.3) is 0 Å². The van der Waals surface area contributed by atoms with Gasteiger partial charge in [0.1, 0.15) is 5.82 Å². The SMILES string of the molecule is CC(=O)N1CCc2cc(NCc3ncc[nH]3)ccc21. The van der Waals surface area contributed by atoms with Gasteiger partial charge >= 0.3 is 0 Å². The van der Waals surface area contributed by atoms with Crippen LogP contribution in [0.4, 0.5) is 11.4 Å². The van der Waals surface area contributed by atoms with Crippen LogP contribution in [0.1, 0.15) is 18.3 Å². The second-order valence-corrected chi connectivity index (χ2v) is 4.65. The smallest absolute Gasteiger partial charge is 0.223 e. The van der Waals surface area contributed by atoms with E-state index in [1.165, 1.54) is 5.56 Å². The zero-order chi connectivity index (χ0) is 13.2. The molecule has 1 aliphatic rings. The number of rotatable bonds is 3. The Kier molecular flexibility index (Phi) is 2.95. The molecule has 5 heteroatoms. The third kappa shape index (κ3) is 2.31. The second-order valence-electron chi connectivity index (χ2n) is 4.65. The molecule has 2 N–H and O–H groups in total. The van der Waals surface area contributed by atoms with Crippen molar-refractivity contribution in [2.24, 2.45) is 0 Å². The summed E-state index contributed by atoms with van der Waals surface area (Å²) in [4.78, 5) is 20.5. The second kappa shape index (κ2) is 4.76. The molecule has 0 fully saturated rings. The number of carbonyl (C=O) groups is 1. The van der Waals surface area contributed by atoms with Gasteiger partial charge in [-0.3, -0.25) is 4.79 Å². The number of aromatic amines is 1. The molecule has 3 rings (SSSR count). The zero-order valence-corrected chi connectivity index (χ0v) is 10.8. The number of H-pyrrole nitrogens is 1. The van der Waals surface area contributed by atoms with E-state index < -0.39 is 0 Å².